The summed E-state index contributed by atoms with van der Waals surface area (Å²) in [5.41, 5.74) is 1.00. The number of para-hydroxylation sites is 1. The van der Waals surface area contributed by atoms with Crippen LogP contribution in [-0.2, 0) is 19.6 Å². The van der Waals surface area contributed by atoms with Crippen LogP contribution in [0.2, 0.25) is 5.02 Å². The molecular formula is C23H17BrClN3O4S2. The second kappa shape index (κ2) is 10.3. The van der Waals surface area contributed by atoms with Crippen LogP contribution in [0.5, 0.6) is 0 Å². The standard InChI is InChI=1S/C23H17BrClN3O4S2/c24-15-6-12-19(13-7-15)34(31,32)27-23-28(18-4-2-1-3-5-18)22(30)20(33-23)14-21(29)26-17-10-8-16(25)9-11-17/h1-13,20H,14H2,(H,26,29)/t20-/m1/s1. The molecule has 3 aromatic rings. The Morgan fingerprint density at radius 2 is 1.68 bits per heavy atom. The molecule has 3 aromatic carbocycles. The lowest BCUT2D eigenvalue weighted by Gasteiger charge is -2.16. The maximum Gasteiger partial charge on any atom is 0.284 e. The van der Waals surface area contributed by atoms with Crippen LogP contribution in [0.3, 0.4) is 0 Å². The number of sulfonamides is 1. The Labute approximate surface area is 214 Å². The van der Waals surface area contributed by atoms with Gasteiger partial charge in [-0.2, -0.15) is 8.42 Å². The number of thioether (sulfide) groups is 1. The second-order valence-corrected chi connectivity index (χ2v) is 11.3. The Morgan fingerprint density at radius 1 is 1.03 bits per heavy atom. The summed E-state index contributed by atoms with van der Waals surface area (Å²) in [7, 11) is -4.09. The molecule has 2 amide bonds. The number of benzene rings is 3. The van der Waals surface area contributed by atoms with Crippen LogP contribution in [-0.4, -0.2) is 30.6 Å². The lowest BCUT2D eigenvalue weighted by Crippen LogP contribution is -2.33. The molecule has 0 bridgehead atoms. The number of nitrogens with one attached hydrogen (secondary N) is 1. The maximum atomic E-state index is 13.2. The number of halogens is 2. The Bertz CT molecular complexity index is 1350. The Kier molecular flexibility index (Phi) is 7.42. The van der Waals surface area contributed by atoms with Gasteiger partial charge in [0, 0.05) is 21.6 Å². The molecule has 7 nitrogen and oxygen atoms in total. The summed E-state index contributed by atoms with van der Waals surface area (Å²) in [6, 6.07) is 21.2. The second-order valence-electron chi connectivity index (χ2n) is 7.18. The van der Waals surface area contributed by atoms with Crippen molar-refractivity contribution in [1.29, 1.82) is 0 Å². The molecule has 174 valence electrons. The number of carbonyl (C=O) groups is 2. The number of hydrogen-bond acceptors (Lipinski definition) is 5. The number of hydrogen-bond donors (Lipinski definition) is 1. The van der Waals surface area contributed by atoms with Gasteiger partial charge < -0.3 is 5.32 Å². The van der Waals surface area contributed by atoms with Crippen LogP contribution in [0, 0.1) is 0 Å². The van der Waals surface area contributed by atoms with Gasteiger partial charge in [-0.25, -0.2) is 0 Å². The zero-order valence-electron chi connectivity index (χ0n) is 17.4. The van der Waals surface area contributed by atoms with E-state index >= 15 is 0 Å². The van der Waals surface area contributed by atoms with Crippen molar-refractivity contribution in [1.82, 2.24) is 0 Å². The van der Waals surface area contributed by atoms with E-state index in [0.29, 0.717) is 16.4 Å². The smallest absolute Gasteiger partial charge is 0.284 e. The number of anilines is 2. The summed E-state index contributed by atoms with van der Waals surface area (Å²) in [5, 5.41) is 2.40. The van der Waals surface area contributed by atoms with Crippen molar-refractivity contribution in [3.05, 3.63) is 88.4 Å². The van der Waals surface area contributed by atoms with Crippen LogP contribution < -0.4 is 10.2 Å². The van der Waals surface area contributed by atoms with E-state index in [1.807, 2.05) is 0 Å². The van der Waals surface area contributed by atoms with Gasteiger partial charge in [0.15, 0.2) is 5.17 Å². The molecule has 1 aliphatic heterocycles. The minimum atomic E-state index is -4.09. The average Bonchev–Trinajstić information content (AvgIpc) is 3.10. The Hall–Kier alpha value is -2.66. The molecule has 1 aliphatic rings. The van der Waals surface area contributed by atoms with Crippen molar-refractivity contribution in [2.75, 3.05) is 10.2 Å². The van der Waals surface area contributed by atoms with Gasteiger partial charge in [-0.15, -0.1) is 4.40 Å². The van der Waals surface area contributed by atoms with E-state index < -0.39 is 27.1 Å². The quantitative estimate of drug-likeness (QED) is 0.427. The normalized spacial score (nSPS) is 17.2. The van der Waals surface area contributed by atoms with Gasteiger partial charge in [0.25, 0.3) is 10.0 Å². The molecule has 1 heterocycles. The van der Waals surface area contributed by atoms with Gasteiger partial charge in [0.05, 0.1) is 10.6 Å². The van der Waals surface area contributed by atoms with E-state index in [0.717, 1.165) is 16.2 Å². The molecule has 11 heteroatoms. The van der Waals surface area contributed by atoms with Crippen molar-refractivity contribution in [2.45, 2.75) is 16.6 Å². The molecule has 1 N–H and O–H groups in total. The fraction of sp³-hybridized carbons (Fsp3) is 0.0870. The largest absolute Gasteiger partial charge is 0.326 e. The maximum absolute atomic E-state index is 13.2. The Morgan fingerprint density at radius 3 is 2.32 bits per heavy atom. The van der Waals surface area contributed by atoms with E-state index in [1.54, 1.807) is 66.7 Å². The van der Waals surface area contributed by atoms with Gasteiger partial charge in [-0.3, -0.25) is 14.5 Å². The number of amides is 2. The van der Waals surface area contributed by atoms with Gasteiger partial charge in [-0.1, -0.05) is 57.5 Å². The molecule has 0 aliphatic carbocycles. The van der Waals surface area contributed by atoms with Gasteiger partial charge >= 0.3 is 0 Å². The number of carbonyl (C=O) groups excluding carboxylic acids is 2. The van der Waals surface area contributed by atoms with Gasteiger partial charge in [0.2, 0.25) is 11.8 Å². The number of nitrogens with zero attached hydrogens (tertiary/aromatic N) is 2. The van der Waals surface area contributed by atoms with E-state index in [4.69, 9.17) is 11.6 Å². The molecule has 0 unspecified atom stereocenters. The van der Waals surface area contributed by atoms with E-state index in [1.165, 1.54) is 17.0 Å². The average molecular weight is 579 g/mol. The predicted octanol–water partition coefficient (Wildman–Crippen LogP) is 5.32. The fourth-order valence-electron chi connectivity index (χ4n) is 3.15. The highest BCUT2D eigenvalue weighted by molar-refractivity contribution is 9.10. The lowest BCUT2D eigenvalue weighted by molar-refractivity contribution is -0.121. The minimum Gasteiger partial charge on any atom is -0.326 e. The van der Waals surface area contributed by atoms with E-state index in [9.17, 15) is 18.0 Å². The number of rotatable bonds is 6. The fourth-order valence-corrected chi connectivity index (χ4v) is 5.88. The number of amidine groups is 1. The van der Waals surface area contributed by atoms with Crippen molar-refractivity contribution < 1.29 is 18.0 Å². The molecule has 34 heavy (non-hydrogen) atoms. The summed E-state index contributed by atoms with van der Waals surface area (Å²) in [4.78, 5) is 27.1. The lowest BCUT2D eigenvalue weighted by atomic mass is 10.2. The van der Waals surface area contributed by atoms with Gasteiger partial charge in [0.1, 0.15) is 5.25 Å². The monoisotopic (exact) mass is 577 g/mol. The van der Waals surface area contributed by atoms with Crippen molar-refractivity contribution in [2.24, 2.45) is 4.40 Å². The van der Waals surface area contributed by atoms with Crippen molar-refractivity contribution in [3.63, 3.8) is 0 Å². The summed E-state index contributed by atoms with van der Waals surface area (Å²) in [6.07, 6.45) is -0.160. The zero-order valence-corrected chi connectivity index (χ0v) is 21.4. The molecule has 4 rings (SSSR count). The van der Waals surface area contributed by atoms with E-state index in [2.05, 4.69) is 25.6 Å². The minimum absolute atomic E-state index is 0.00630. The first-order chi connectivity index (χ1) is 16.2. The first-order valence-electron chi connectivity index (χ1n) is 9.94. The van der Waals surface area contributed by atoms with Crippen molar-refractivity contribution in [3.8, 4) is 0 Å². The first kappa shape index (κ1) is 24.5. The molecule has 1 saturated heterocycles. The highest BCUT2D eigenvalue weighted by Gasteiger charge is 2.41. The summed E-state index contributed by atoms with van der Waals surface area (Å²) in [5.74, 6) is -0.814. The molecule has 1 atom stereocenters. The Balaban J connectivity index is 1.61. The molecule has 0 radical (unpaired) electrons. The highest BCUT2D eigenvalue weighted by Crippen LogP contribution is 2.35. The summed E-state index contributed by atoms with van der Waals surface area (Å²) < 4.78 is 30.6. The third-order valence-corrected chi connectivity index (χ3v) is 8.07. The third kappa shape index (κ3) is 5.69. The van der Waals surface area contributed by atoms with E-state index in [-0.39, 0.29) is 16.5 Å². The molecule has 0 saturated carbocycles. The highest BCUT2D eigenvalue weighted by atomic mass is 79.9. The molecular weight excluding hydrogens is 562 g/mol. The van der Waals surface area contributed by atoms with Crippen LogP contribution in [0.4, 0.5) is 11.4 Å². The third-order valence-electron chi connectivity index (χ3n) is 4.76. The topological polar surface area (TPSA) is 95.9 Å². The SMILES string of the molecule is O=C(C[C@H]1SC(=NS(=O)(=O)c2ccc(Br)cc2)N(c2ccccc2)C1=O)Nc1ccc(Cl)cc1. The predicted molar refractivity (Wildman–Crippen MR) is 139 cm³/mol. The van der Waals surface area contributed by atoms with Gasteiger partial charge in [-0.05, 0) is 60.7 Å². The first-order valence-corrected chi connectivity index (χ1v) is 13.4. The molecule has 0 spiro atoms. The summed E-state index contributed by atoms with van der Waals surface area (Å²) in [6.45, 7) is 0. The molecule has 0 aromatic heterocycles. The van der Waals surface area contributed by atoms with Crippen LogP contribution in [0.25, 0.3) is 0 Å². The van der Waals surface area contributed by atoms with Crippen LogP contribution in [0.1, 0.15) is 6.42 Å². The molecule has 1 fully saturated rings. The van der Waals surface area contributed by atoms with Crippen LogP contribution in [0.15, 0.2) is 92.6 Å². The summed E-state index contributed by atoms with van der Waals surface area (Å²) >= 11 is 10.1. The zero-order chi connectivity index (χ0) is 24.3. The van der Waals surface area contributed by atoms with Crippen molar-refractivity contribution >= 4 is 77.7 Å². The van der Waals surface area contributed by atoms with Crippen LogP contribution >= 0.6 is 39.3 Å².